The van der Waals surface area contributed by atoms with Crippen molar-refractivity contribution in [1.82, 2.24) is 0 Å². The number of halogens is 2. The molecule has 0 unspecified atom stereocenters. The zero-order chi connectivity index (χ0) is 14.4. The lowest BCUT2D eigenvalue weighted by Gasteiger charge is -2.24. The second-order valence-electron chi connectivity index (χ2n) is 5.56. The van der Waals surface area contributed by atoms with Gasteiger partial charge in [-0.05, 0) is 36.1 Å². The third-order valence-corrected chi connectivity index (χ3v) is 4.40. The van der Waals surface area contributed by atoms with E-state index in [1.54, 1.807) is 17.6 Å². The predicted octanol–water partition coefficient (Wildman–Crippen LogP) is -0.220. The first-order valence-corrected chi connectivity index (χ1v) is 8.00. The SMILES string of the molecule is COc1ccc(C(CCCCl)=C2CC[NH+](C)CC2)cc1.[Cl-]. The molecule has 2 nitrogen and oxygen atoms in total. The maximum Gasteiger partial charge on any atom is 0.118 e. The number of hydrogen-bond acceptors (Lipinski definition) is 1. The first kappa shape index (κ1) is 18.3. The minimum absolute atomic E-state index is 0. The molecule has 118 valence electrons. The minimum atomic E-state index is 0. The highest BCUT2D eigenvalue weighted by molar-refractivity contribution is 6.17. The van der Waals surface area contributed by atoms with Crippen LogP contribution in [0, 0.1) is 0 Å². The number of quaternary nitrogens is 1. The largest absolute Gasteiger partial charge is 1.00 e. The van der Waals surface area contributed by atoms with Crippen molar-refractivity contribution in [1.29, 1.82) is 0 Å². The van der Waals surface area contributed by atoms with E-state index < -0.39 is 0 Å². The number of benzene rings is 1. The smallest absolute Gasteiger partial charge is 0.118 e. The van der Waals surface area contributed by atoms with Crippen LogP contribution in [0.1, 0.15) is 31.2 Å². The van der Waals surface area contributed by atoms with E-state index >= 15 is 0 Å². The number of hydrogen-bond donors (Lipinski definition) is 1. The number of alkyl halides is 1. The van der Waals surface area contributed by atoms with Gasteiger partial charge in [0.1, 0.15) is 5.75 Å². The summed E-state index contributed by atoms with van der Waals surface area (Å²) in [6, 6.07) is 8.47. The summed E-state index contributed by atoms with van der Waals surface area (Å²) in [5, 5.41) is 0. The van der Waals surface area contributed by atoms with E-state index in [4.69, 9.17) is 16.3 Å². The van der Waals surface area contributed by atoms with Crippen molar-refractivity contribution in [3.63, 3.8) is 0 Å². The molecule has 0 radical (unpaired) electrons. The van der Waals surface area contributed by atoms with Gasteiger partial charge in [-0.15, -0.1) is 11.6 Å². The van der Waals surface area contributed by atoms with Crippen LogP contribution in [0.5, 0.6) is 5.75 Å². The highest BCUT2D eigenvalue weighted by atomic mass is 35.5. The fourth-order valence-corrected chi connectivity index (χ4v) is 2.97. The molecular formula is C17H25Cl2NO. The number of nitrogens with one attached hydrogen (secondary N) is 1. The van der Waals surface area contributed by atoms with Crippen LogP contribution in [-0.4, -0.2) is 33.1 Å². The minimum Gasteiger partial charge on any atom is -1.00 e. The molecule has 1 aromatic carbocycles. The van der Waals surface area contributed by atoms with E-state index in [1.807, 2.05) is 0 Å². The maximum absolute atomic E-state index is 5.90. The van der Waals surface area contributed by atoms with Gasteiger partial charge in [0.2, 0.25) is 0 Å². The van der Waals surface area contributed by atoms with Gasteiger partial charge < -0.3 is 22.0 Å². The molecule has 1 aliphatic rings. The van der Waals surface area contributed by atoms with Crippen molar-refractivity contribution >= 4 is 17.2 Å². The Bertz CT molecular complexity index is 446. The van der Waals surface area contributed by atoms with Crippen molar-refractivity contribution in [2.45, 2.75) is 25.7 Å². The molecule has 0 bridgehead atoms. The van der Waals surface area contributed by atoms with E-state index in [0.29, 0.717) is 0 Å². The van der Waals surface area contributed by atoms with Gasteiger partial charge in [0, 0.05) is 18.7 Å². The van der Waals surface area contributed by atoms with E-state index in [0.717, 1.165) is 24.5 Å². The van der Waals surface area contributed by atoms with Gasteiger partial charge in [-0.1, -0.05) is 17.7 Å². The molecule has 0 atom stereocenters. The van der Waals surface area contributed by atoms with Gasteiger partial charge >= 0.3 is 0 Å². The number of methoxy groups -OCH3 is 1. The first-order valence-electron chi connectivity index (χ1n) is 7.47. The Morgan fingerprint density at radius 1 is 1.19 bits per heavy atom. The van der Waals surface area contributed by atoms with E-state index in [2.05, 4.69) is 31.3 Å². The van der Waals surface area contributed by atoms with Crippen molar-refractivity contribution in [2.75, 3.05) is 33.1 Å². The molecule has 1 aliphatic heterocycles. The van der Waals surface area contributed by atoms with Crippen LogP contribution in [-0.2, 0) is 0 Å². The Morgan fingerprint density at radius 2 is 1.81 bits per heavy atom. The Balaban J connectivity index is 0.00000220. The van der Waals surface area contributed by atoms with Gasteiger partial charge in [-0.3, -0.25) is 0 Å². The van der Waals surface area contributed by atoms with Crippen LogP contribution in [0.2, 0.25) is 0 Å². The molecule has 0 spiro atoms. The standard InChI is InChI=1S/C17H24ClNO.ClH/c1-19-12-9-15(10-13-19)17(4-3-11-18)14-5-7-16(20-2)8-6-14;/h5-8H,3-4,9-13H2,1-2H3;1H. The maximum atomic E-state index is 5.90. The van der Waals surface area contributed by atoms with E-state index in [9.17, 15) is 0 Å². The summed E-state index contributed by atoms with van der Waals surface area (Å²) in [4.78, 5) is 1.64. The number of piperidine rings is 1. The normalized spacial score (nSPS) is 18.0. The van der Waals surface area contributed by atoms with Crippen LogP contribution in [0.4, 0.5) is 0 Å². The van der Waals surface area contributed by atoms with Crippen molar-refractivity contribution in [3.05, 3.63) is 35.4 Å². The topological polar surface area (TPSA) is 13.7 Å². The zero-order valence-corrected chi connectivity index (χ0v) is 14.4. The van der Waals surface area contributed by atoms with Gasteiger partial charge in [-0.2, -0.15) is 0 Å². The summed E-state index contributed by atoms with van der Waals surface area (Å²) < 4.78 is 5.25. The van der Waals surface area contributed by atoms with E-state index in [1.165, 1.54) is 37.1 Å². The van der Waals surface area contributed by atoms with Crippen molar-refractivity contribution in [3.8, 4) is 5.75 Å². The summed E-state index contributed by atoms with van der Waals surface area (Å²) >= 11 is 5.90. The molecule has 4 heteroatoms. The number of likely N-dealkylation sites (tertiary alicyclic amines) is 1. The molecule has 1 saturated heterocycles. The highest BCUT2D eigenvalue weighted by Crippen LogP contribution is 2.29. The summed E-state index contributed by atoms with van der Waals surface area (Å²) in [5.41, 5.74) is 4.48. The molecule has 21 heavy (non-hydrogen) atoms. The number of ether oxygens (including phenoxy) is 1. The molecule has 0 amide bonds. The molecule has 1 aromatic rings. The van der Waals surface area contributed by atoms with Crippen LogP contribution in [0.3, 0.4) is 0 Å². The fourth-order valence-electron chi connectivity index (χ4n) is 2.84. The van der Waals surface area contributed by atoms with E-state index in [-0.39, 0.29) is 12.4 Å². The Hall–Kier alpha value is -0.700. The molecule has 1 heterocycles. The quantitative estimate of drug-likeness (QED) is 0.737. The summed E-state index contributed by atoms with van der Waals surface area (Å²) in [6.45, 7) is 2.49. The molecule has 2 rings (SSSR count). The zero-order valence-electron chi connectivity index (χ0n) is 12.9. The number of rotatable bonds is 5. The van der Waals surface area contributed by atoms with Gasteiger partial charge in [0.05, 0.1) is 27.2 Å². The monoisotopic (exact) mass is 329 g/mol. The number of allylic oxidation sites excluding steroid dienone is 1. The average molecular weight is 330 g/mol. The third kappa shape index (κ3) is 5.21. The van der Waals surface area contributed by atoms with Crippen LogP contribution in [0.15, 0.2) is 29.8 Å². The first-order chi connectivity index (χ1) is 9.74. The lowest BCUT2D eigenvalue weighted by molar-refractivity contribution is -0.882. The molecule has 1 N–H and O–H groups in total. The fraction of sp³-hybridized carbons (Fsp3) is 0.529. The van der Waals surface area contributed by atoms with Gasteiger partial charge in [0.15, 0.2) is 0 Å². The summed E-state index contributed by atoms with van der Waals surface area (Å²) in [7, 11) is 3.99. The Kier molecular flexibility index (Phi) is 8.16. The lowest BCUT2D eigenvalue weighted by atomic mass is 9.90. The third-order valence-electron chi connectivity index (χ3n) is 4.13. The second-order valence-corrected chi connectivity index (χ2v) is 5.94. The predicted molar refractivity (Wildman–Crippen MR) is 85.7 cm³/mol. The van der Waals surface area contributed by atoms with Crippen LogP contribution >= 0.6 is 11.6 Å². The lowest BCUT2D eigenvalue weighted by Crippen LogP contribution is -3.09. The molecule has 0 saturated carbocycles. The molecule has 0 aromatic heterocycles. The highest BCUT2D eigenvalue weighted by Gasteiger charge is 2.17. The molecular weight excluding hydrogens is 305 g/mol. The summed E-state index contributed by atoms with van der Waals surface area (Å²) in [6.07, 6.45) is 4.57. The Labute approximate surface area is 139 Å². The van der Waals surface area contributed by atoms with Crippen molar-refractivity contribution in [2.24, 2.45) is 0 Å². The van der Waals surface area contributed by atoms with Crippen LogP contribution in [0.25, 0.3) is 5.57 Å². The average Bonchev–Trinajstić information content (AvgIpc) is 2.50. The Morgan fingerprint density at radius 3 is 2.33 bits per heavy atom. The van der Waals surface area contributed by atoms with Crippen LogP contribution < -0.4 is 22.0 Å². The van der Waals surface area contributed by atoms with Gasteiger partial charge in [-0.25, -0.2) is 0 Å². The molecule has 1 fully saturated rings. The second kappa shape index (κ2) is 9.34. The molecule has 0 aliphatic carbocycles. The van der Waals surface area contributed by atoms with Gasteiger partial charge in [0.25, 0.3) is 0 Å². The van der Waals surface area contributed by atoms with Crippen molar-refractivity contribution < 1.29 is 22.0 Å². The summed E-state index contributed by atoms with van der Waals surface area (Å²) in [5.74, 6) is 1.65.